The van der Waals surface area contributed by atoms with Crippen molar-refractivity contribution in [1.82, 2.24) is 4.90 Å². The van der Waals surface area contributed by atoms with E-state index in [4.69, 9.17) is 12.2 Å². The van der Waals surface area contributed by atoms with Gasteiger partial charge in [0.15, 0.2) is 0 Å². The zero-order chi connectivity index (χ0) is 13.1. The quantitative estimate of drug-likeness (QED) is 0.752. The van der Waals surface area contributed by atoms with E-state index in [2.05, 4.69) is 35.2 Å². The third kappa shape index (κ3) is 3.17. The van der Waals surface area contributed by atoms with Gasteiger partial charge in [-0.1, -0.05) is 68.2 Å². The Kier molecular flexibility index (Phi) is 4.17. The van der Waals surface area contributed by atoms with Gasteiger partial charge in [-0.2, -0.15) is 0 Å². The van der Waals surface area contributed by atoms with E-state index >= 15 is 0 Å². The highest BCUT2D eigenvalue weighted by Gasteiger charge is 2.27. The lowest BCUT2D eigenvalue weighted by Crippen LogP contribution is -2.28. The monoisotopic (exact) mass is 273 g/mol. The Morgan fingerprint density at radius 2 is 1.84 bits per heavy atom. The highest BCUT2D eigenvalue weighted by Crippen LogP contribution is 2.31. The van der Waals surface area contributed by atoms with Crippen molar-refractivity contribution in [3.63, 3.8) is 0 Å². The highest BCUT2D eigenvalue weighted by molar-refractivity contribution is 7.80. The molecule has 0 aromatic heterocycles. The molecule has 0 spiro atoms. The SMILES string of the molecule is S=C(CC1CCCC1)N1CCC(c2ccccc2)C1. The Balaban J connectivity index is 1.55. The largest absolute Gasteiger partial charge is 0.366 e. The molecule has 1 aromatic rings. The van der Waals surface area contributed by atoms with Crippen LogP contribution in [0.3, 0.4) is 0 Å². The first-order chi connectivity index (χ1) is 9.33. The molecular weight excluding hydrogens is 250 g/mol. The summed E-state index contributed by atoms with van der Waals surface area (Å²) in [6, 6.07) is 10.9. The molecule has 1 saturated carbocycles. The van der Waals surface area contributed by atoms with Crippen molar-refractivity contribution in [2.75, 3.05) is 13.1 Å². The molecule has 3 rings (SSSR count). The van der Waals surface area contributed by atoms with Gasteiger partial charge in [0.2, 0.25) is 0 Å². The predicted octanol–water partition coefficient (Wildman–Crippen LogP) is 4.38. The fourth-order valence-electron chi connectivity index (χ4n) is 3.57. The molecule has 102 valence electrons. The van der Waals surface area contributed by atoms with Crippen LogP contribution in [0, 0.1) is 5.92 Å². The normalized spacial score (nSPS) is 24.0. The Morgan fingerprint density at radius 1 is 1.11 bits per heavy atom. The summed E-state index contributed by atoms with van der Waals surface area (Å²) in [5.41, 5.74) is 1.48. The zero-order valence-corrected chi connectivity index (χ0v) is 12.4. The Bertz CT molecular complexity index is 422. The van der Waals surface area contributed by atoms with E-state index in [1.807, 2.05) is 0 Å². The molecular formula is C17H23NS. The molecule has 1 atom stereocenters. The van der Waals surface area contributed by atoms with Gasteiger partial charge in [-0.15, -0.1) is 0 Å². The summed E-state index contributed by atoms with van der Waals surface area (Å²) in [7, 11) is 0. The molecule has 0 bridgehead atoms. The van der Waals surface area contributed by atoms with Gasteiger partial charge in [0, 0.05) is 25.4 Å². The van der Waals surface area contributed by atoms with E-state index in [1.165, 1.54) is 42.7 Å². The minimum Gasteiger partial charge on any atom is -0.366 e. The number of thiocarbonyl (C=S) groups is 1. The highest BCUT2D eigenvalue weighted by atomic mass is 32.1. The molecule has 2 fully saturated rings. The standard InChI is InChI=1S/C17H23NS/c19-17(12-14-6-4-5-7-14)18-11-10-16(13-18)15-8-2-1-3-9-15/h1-3,8-9,14,16H,4-7,10-13H2. The minimum atomic E-state index is 0.683. The molecule has 2 heteroatoms. The average molecular weight is 273 g/mol. The number of likely N-dealkylation sites (tertiary alicyclic amines) is 1. The predicted molar refractivity (Wildman–Crippen MR) is 84.5 cm³/mol. The Morgan fingerprint density at radius 3 is 2.58 bits per heavy atom. The summed E-state index contributed by atoms with van der Waals surface area (Å²) in [6.45, 7) is 2.29. The lowest BCUT2D eigenvalue weighted by molar-refractivity contribution is 0.477. The van der Waals surface area contributed by atoms with Crippen molar-refractivity contribution in [3.05, 3.63) is 35.9 Å². The number of nitrogens with zero attached hydrogens (tertiary/aromatic N) is 1. The summed E-state index contributed by atoms with van der Waals surface area (Å²) < 4.78 is 0. The van der Waals surface area contributed by atoms with E-state index < -0.39 is 0 Å². The van der Waals surface area contributed by atoms with E-state index in [-0.39, 0.29) is 0 Å². The van der Waals surface area contributed by atoms with Gasteiger partial charge in [-0.3, -0.25) is 0 Å². The Hall–Kier alpha value is -0.890. The molecule has 1 nitrogen and oxygen atoms in total. The summed E-state index contributed by atoms with van der Waals surface area (Å²) in [4.78, 5) is 3.69. The number of hydrogen-bond acceptors (Lipinski definition) is 1. The van der Waals surface area contributed by atoms with Gasteiger partial charge in [-0.25, -0.2) is 0 Å². The van der Waals surface area contributed by atoms with E-state index in [0.717, 1.165) is 25.4 Å². The van der Waals surface area contributed by atoms with Crippen molar-refractivity contribution >= 4 is 17.2 Å². The molecule has 19 heavy (non-hydrogen) atoms. The number of hydrogen-bond donors (Lipinski definition) is 0. The van der Waals surface area contributed by atoms with Crippen molar-refractivity contribution in [1.29, 1.82) is 0 Å². The first-order valence-electron chi connectivity index (χ1n) is 7.65. The second-order valence-corrected chi connectivity index (χ2v) is 6.56. The summed E-state index contributed by atoms with van der Waals surface area (Å²) in [6.07, 6.45) is 8.05. The minimum absolute atomic E-state index is 0.683. The fraction of sp³-hybridized carbons (Fsp3) is 0.588. The van der Waals surface area contributed by atoms with Crippen LogP contribution in [0.1, 0.15) is 50.0 Å². The first kappa shape index (κ1) is 13.1. The Labute approximate surface area is 122 Å². The van der Waals surface area contributed by atoms with Crippen molar-refractivity contribution in [2.45, 2.75) is 44.4 Å². The molecule has 1 aromatic carbocycles. The molecule has 2 aliphatic rings. The topological polar surface area (TPSA) is 3.24 Å². The van der Waals surface area contributed by atoms with Crippen LogP contribution in [0.15, 0.2) is 30.3 Å². The fourth-order valence-corrected chi connectivity index (χ4v) is 3.98. The van der Waals surface area contributed by atoms with E-state index in [9.17, 15) is 0 Å². The van der Waals surface area contributed by atoms with Crippen LogP contribution < -0.4 is 0 Å². The molecule has 0 amide bonds. The second-order valence-electron chi connectivity index (χ2n) is 6.09. The van der Waals surface area contributed by atoms with Crippen LogP contribution in [-0.2, 0) is 0 Å². The van der Waals surface area contributed by atoms with Crippen LogP contribution in [0.5, 0.6) is 0 Å². The molecule has 1 aliphatic carbocycles. The summed E-state index contributed by atoms with van der Waals surface area (Å²) in [5.74, 6) is 1.56. The van der Waals surface area contributed by atoms with Gasteiger partial charge < -0.3 is 4.90 Å². The van der Waals surface area contributed by atoms with Crippen LogP contribution in [0.4, 0.5) is 0 Å². The number of rotatable bonds is 3. The number of benzene rings is 1. The molecule has 0 N–H and O–H groups in total. The summed E-state index contributed by atoms with van der Waals surface area (Å²) in [5, 5.41) is 0. The second kappa shape index (κ2) is 6.04. The van der Waals surface area contributed by atoms with Crippen LogP contribution in [0.25, 0.3) is 0 Å². The average Bonchev–Trinajstić information content (AvgIpc) is 3.10. The summed E-state index contributed by atoms with van der Waals surface area (Å²) >= 11 is 5.68. The molecule has 0 radical (unpaired) electrons. The molecule has 1 unspecified atom stereocenters. The maximum atomic E-state index is 5.68. The van der Waals surface area contributed by atoms with Crippen LogP contribution in [-0.4, -0.2) is 23.0 Å². The van der Waals surface area contributed by atoms with Gasteiger partial charge in [0.25, 0.3) is 0 Å². The maximum absolute atomic E-state index is 5.68. The van der Waals surface area contributed by atoms with Gasteiger partial charge in [0.05, 0.1) is 4.99 Å². The van der Waals surface area contributed by atoms with E-state index in [1.54, 1.807) is 0 Å². The van der Waals surface area contributed by atoms with Gasteiger partial charge in [0.1, 0.15) is 0 Å². The lowest BCUT2D eigenvalue weighted by atomic mass is 9.99. The van der Waals surface area contributed by atoms with Crippen LogP contribution in [0.2, 0.25) is 0 Å². The zero-order valence-electron chi connectivity index (χ0n) is 11.6. The molecule has 1 saturated heterocycles. The first-order valence-corrected chi connectivity index (χ1v) is 8.06. The molecule has 1 heterocycles. The van der Waals surface area contributed by atoms with E-state index in [0.29, 0.717) is 5.92 Å². The van der Waals surface area contributed by atoms with Gasteiger partial charge >= 0.3 is 0 Å². The van der Waals surface area contributed by atoms with Crippen molar-refractivity contribution < 1.29 is 0 Å². The van der Waals surface area contributed by atoms with Crippen molar-refractivity contribution in [2.24, 2.45) is 5.92 Å². The smallest absolute Gasteiger partial charge is 0.0782 e. The maximum Gasteiger partial charge on any atom is 0.0782 e. The third-order valence-corrected chi connectivity index (χ3v) is 5.17. The lowest BCUT2D eigenvalue weighted by Gasteiger charge is -2.22. The third-order valence-electron chi connectivity index (χ3n) is 4.75. The van der Waals surface area contributed by atoms with Gasteiger partial charge in [-0.05, 0) is 17.9 Å². The van der Waals surface area contributed by atoms with Crippen LogP contribution >= 0.6 is 12.2 Å². The molecule has 1 aliphatic heterocycles. The van der Waals surface area contributed by atoms with Crippen molar-refractivity contribution in [3.8, 4) is 0 Å².